The molecule has 3 nitrogen and oxygen atoms in total. The van der Waals surface area contributed by atoms with E-state index in [1.165, 1.54) is 10.6 Å². The van der Waals surface area contributed by atoms with Crippen LogP contribution in [0.25, 0.3) is 11.0 Å². The van der Waals surface area contributed by atoms with E-state index in [0.29, 0.717) is 36.0 Å². The molecule has 0 fully saturated rings. The number of nitrogens with one attached hydrogen (secondary N) is 1. The number of hydrogen-bond acceptors (Lipinski definition) is 2. The van der Waals surface area contributed by atoms with Crippen LogP contribution in [0.5, 0.6) is 0 Å². The molecule has 0 aliphatic rings. The van der Waals surface area contributed by atoms with Gasteiger partial charge < -0.3 is 14.3 Å². The van der Waals surface area contributed by atoms with Crippen molar-refractivity contribution < 1.29 is 13.5 Å². The number of nitrogens with zero attached hydrogens (tertiary/aromatic N) is 1. The third-order valence-electron chi connectivity index (χ3n) is 2.74. The molecule has 104 valence electrons. The lowest BCUT2D eigenvalue weighted by Crippen LogP contribution is -2.10. The van der Waals surface area contributed by atoms with Crippen molar-refractivity contribution >= 4 is 23.3 Å². The van der Waals surface area contributed by atoms with Gasteiger partial charge in [-0.25, -0.2) is 8.78 Å². The monoisotopic (exact) mass is 286 g/mol. The first-order chi connectivity index (χ1) is 9.00. The summed E-state index contributed by atoms with van der Waals surface area (Å²) in [4.78, 5) is 2.86. The number of H-pyrrole nitrogens is 1. The Morgan fingerprint density at radius 2 is 2.11 bits per heavy atom. The van der Waals surface area contributed by atoms with Crippen LogP contribution in [-0.2, 0) is 11.3 Å². The summed E-state index contributed by atoms with van der Waals surface area (Å²) in [6.07, 6.45) is 0. The van der Waals surface area contributed by atoms with Crippen molar-refractivity contribution in [3.8, 4) is 0 Å². The van der Waals surface area contributed by atoms with Gasteiger partial charge in [-0.05, 0) is 30.3 Å². The van der Waals surface area contributed by atoms with Crippen LogP contribution in [0.1, 0.15) is 13.8 Å². The zero-order chi connectivity index (χ0) is 14.0. The average molecular weight is 286 g/mol. The molecule has 0 aliphatic heterocycles. The Morgan fingerprint density at radius 3 is 2.79 bits per heavy atom. The number of rotatable bonds is 5. The van der Waals surface area contributed by atoms with E-state index in [9.17, 15) is 8.78 Å². The molecular formula is C13H16F2N2OS. The van der Waals surface area contributed by atoms with Gasteiger partial charge >= 0.3 is 0 Å². The van der Waals surface area contributed by atoms with E-state index >= 15 is 0 Å². The van der Waals surface area contributed by atoms with Gasteiger partial charge in [0.05, 0.1) is 12.1 Å². The highest BCUT2D eigenvalue weighted by Gasteiger charge is 2.13. The molecule has 2 aromatic rings. The molecule has 1 aromatic carbocycles. The summed E-state index contributed by atoms with van der Waals surface area (Å²) in [7, 11) is 0. The summed E-state index contributed by atoms with van der Waals surface area (Å²) < 4.78 is 34.4. The van der Waals surface area contributed by atoms with Crippen LogP contribution < -0.4 is 0 Å². The predicted octanol–water partition coefficient (Wildman–Crippen LogP) is 3.65. The predicted molar refractivity (Wildman–Crippen MR) is 72.7 cm³/mol. The SMILES string of the molecule is CC(C)COCCn1c(=S)[nH]c2ccc(F)c(F)c21. The van der Waals surface area contributed by atoms with Crippen molar-refractivity contribution in [2.75, 3.05) is 13.2 Å². The third kappa shape index (κ3) is 3.01. The van der Waals surface area contributed by atoms with Crippen LogP contribution in [0.2, 0.25) is 0 Å². The molecule has 0 spiro atoms. The molecule has 0 radical (unpaired) electrons. The van der Waals surface area contributed by atoms with Gasteiger partial charge in [-0.15, -0.1) is 0 Å². The summed E-state index contributed by atoms with van der Waals surface area (Å²) in [5.74, 6) is -1.32. The number of imidazole rings is 1. The normalized spacial score (nSPS) is 11.6. The highest BCUT2D eigenvalue weighted by atomic mass is 32.1. The topological polar surface area (TPSA) is 29.9 Å². The summed E-state index contributed by atoms with van der Waals surface area (Å²) in [5.41, 5.74) is 0.658. The third-order valence-corrected chi connectivity index (χ3v) is 3.06. The Bertz CT molecular complexity index is 633. The van der Waals surface area contributed by atoms with E-state index in [1.54, 1.807) is 0 Å². The first kappa shape index (κ1) is 14.1. The Hall–Kier alpha value is -1.27. The molecule has 0 bridgehead atoms. The van der Waals surface area contributed by atoms with Crippen LogP contribution in [0.4, 0.5) is 8.78 Å². The minimum atomic E-state index is -0.881. The average Bonchev–Trinajstić information content (AvgIpc) is 2.66. The molecule has 1 heterocycles. The van der Waals surface area contributed by atoms with Crippen LogP contribution >= 0.6 is 12.2 Å². The molecule has 0 atom stereocenters. The lowest BCUT2D eigenvalue weighted by molar-refractivity contribution is 0.103. The molecule has 2 rings (SSSR count). The maximum atomic E-state index is 13.8. The first-order valence-corrected chi connectivity index (χ1v) is 6.55. The van der Waals surface area contributed by atoms with Crippen molar-refractivity contribution in [2.24, 2.45) is 5.92 Å². The number of aromatic amines is 1. The van der Waals surface area contributed by atoms with Gasteiger partial charge in [0.15, 0.2) is 16.4 Å². The highest BCUT2D eigenvalue weighted by molar-refractivity contribution is 7.71. The van der Waals surface area contributed by atoms with Gasteiger partial charge in [0.2, 0.25) is 0 Å². The molecule has 19 heavy (non-hydrogen) atoms. The van der Waals surface area contributed by atoms with Gasteiger partial charge in [-0.3, -0.25) is 0 Å². The number of ether oxygens (including phenoxy) is 1. The Kier molecular flexibility index (Phi) is 4.31. The van der Waals surface area contributed by atoms with E-state index in [0.717, 1.165) is 6.07 Å². The number of fused-ring (bicyclic) bond motifs is 1. The largest absolute Gasteiger partial charge is 0.379 e. The molecule has 0 unspecified atom stereocenters. The maximum absolute atomic E-state index is 13.8. The van der Waals surface area contributed by atoms with E-state index in [1.807, 2.05) is 13.8 Å². The molecule has 0 aliphatic carbocycles. The van der Waals surface area contributed by atoms with Gasteiger partial charge in [0.25, 0.3) is 0 Å². The number of halogens is 2. The van der Waals surface area contributed by atoms with Crippen LogP contribution in [0.15, 0.2) is 12.1 Å². The molecule has 1 N–H and O–H groups in total. The van der Waals surface area contributed by atoms with Crippen LogP contribution in [0.3, 0.4) is 0 Å². The van der Waals surface area contributed by atoms with Gasteiger partial charge in [-0.2, -0.15) is 0 Å². The van der Waals surface area contributed by atoms with Crippen molar-refractivity contribution in [1.29, 1.82) is 0 Å². The molecular weight excluding hydrogens is 270 g/mol. The minimum absolute atomic E-state index is 0.165. The molecule has 0 saturated heterocycles. The maximum Gasteiger partial charge on any atom is 0.184 e. The number of aromatic nitrogens is 2. The zero-order valence-electron chi connectivity index (χ0n) is 10.9. The fraction of sp³-hybridized carbons (Fsp3) is 0.462. The fourth-order valence-corrected chi connectivity index (χ4v) is 2.17. The van der Waals surface area contributed by atoms with E-state index in [-0.39, 0.29) is 5.52 Å². The van der Waals surface area contributed by atoms with Gasteiger partial charge in [0, 0.05) is 13.2 Å². The van der Waals surface area contributed by atoms with Crippen molar-refractivity contribution in [3.63, 3.8) is 0 Å². The zero-order valence-corrected chi connectivity index (χ0v) is 11.7. The van der Waals surface area contributed by atoms with Crippen molar-refractivity contribution in [3.05, 3.63) is 28.5 Å². The standard InChI is InChI=1S/C13H16F2N2OS/c1-8(2)7-18-6-5-17-12-10(16-13(17)19)4-3-9(14)11(12)15/h3-4,8H,5-7H2,1-2H3,(H,16,19). The summed E-state index contributed by atoms with van der Waals surface area (Å²) in [5, 5.41) is 0. The van der Waals surface area contributed by atoms with Crippen LogP contribution in [0, 0.1) is 22.3 Å². The van der Waals surface area contributed by atoms with Crippen LogP contribution in [-0.4, -0.2) is 22.8 Å². The molecule has 6 heteroatoms. The Morgan fingerprint density at radius 1 is 1.37 bits per heavy atom. The lowest BCUT2D eigenvalue weighted by atomic mass is 10.2. The second-order valence-electron chi connectivity index (χ2n) is 4.81. The minimum Gasteiger partial charge on any atom is -0.379 e. The molecule has 0 amide bonds. The quantitative estimate of drug-likeness (QED) is 0.671. The van der Waals surface area contributed by atoms with Gasteiger partial charge in [0.1, 0.15) is 5.52 Å². The fourth-order valence-electron chi connectivity index (χ4n) is 1.88. The Balaban J connectivity index is 2.25. The number of hydrogen-bond donors (Lipinski definition) is 1. The summed E-state index contributed by atoms with van der Waals surface area (Å²) >= 11 is 5.12. The van der Waals surface area contributed by atoms with Crippen molar-refractivity contribution in [2.45, 2.75) is 20.4 Å². The van der Waals surface area contributed by atoms with Crippen molar-refractivity contribution in [1.82, 2.24) is 9.55 Å². The Labute approximate surface area is 115 Å². The smallest absolute Gasteiger partial charge is 0.184 e. The van der Waals surface area contributed by atoms with E-state index < -0.39 is 11.6 Å². The highest BCUT2D eigenvalue weighted by Crippen LogP contribution is 2.20. The summed E-state index contributed by atoms with van der Waals surface area (Å²) in [6.45, 7) is 5.53. The first-order valence-electron chi connectivity index (χ1n) is 6.15. The molecule has 0 saturated carbocycles. The number of benzene rings is 1. The molecule has 1 aromatic heterocycles. The van der Waals surface area contributed by atoms with E-state index in [2.05, 4.69) is 4.98 Å². The second-order valence-corrected chi connectivity index (χ2v) is 5.19. The second kappa shape index (κ2) is 5.79. The lowest BCUT2D eigenvalue weighted by Gasteiger charge is -2.08. The van der Waals surface area contributed by atoms with E-state index in [4.69, 9.17) is 17.0 Å². The summed E-state index contributed by atoms with van der Waals surface area (Å²) in [6, 6.07) is 2.57. The van der Waals surface area contributed by atoms with Gasteiger partial charge in [-0.1, -0.05) is 13.8 Å².